The summed E-state index contributed by atoms with van der Waals surface area (Å²) in [5, 5.41) is 3.37. The molecule has 1 amide bonds. The lowest BCUT2D eigenvalue weighted by atomic mass is 10.1. The van der Waals surface area contributed by atoms with Crippen LogP contribution in [0.25, 0.3) is 0 Å². The molecular weight excluding hydrogens is 404 g/mol. The van der Waals surface area contributed by atoms with Crippen molar-refractivity contribution in [2.75, 3.05) is 45.8 Å². The molecule has 0 saturated carbocycles. The van der Waals surface area contributed by atoms with Gasteiger partial charge in [0.2, 0.25) is 5.91 Å². The third-order valence-electron chi connectivity index (χ3n) is 5.61. The highest BCUT2D eigenvalue weighted by molar-refractivity contribution is 5.95. The summed E-state index contributed by atoms with van der Waals surface area (Å²) < 4.78 is 10.7. The molecule has 1 fully saturated rings. The van der Waals surface area contributed by atoms with Crippen LogP contribution in [0.3, 0.4) is 0 Å². The van der Waals surface area contributed by atoms with Crippen LogP contribution in [-0.4, -0.2) is 57.7 Å². The van der Waals surface area contributed by atoms with Crippen molar-refractivity contribution in [1.82, 2.24) is 10.2 Å². The molecule has 1 N–H and O–H groups in total. The van der Waals surface area contributed by atoms with Gasteiger partial charge in [-0.3, -0.25) is 4.79 Å². The van der Waals surface area contributed by atoms with Crippen LogP contribution in [0, 0.1) is 0 Å². The van der Waals surface area contributed by atoms with E-state index in [1.807, 2.05) is 36.2 Å². The molecule has 0 spiro atoms. The molecule has 0 aromatic heterocycles. The maximum atomic E-state index is 11.9. The molecule has 1 heterocycles. The van der Waals surface area contributed by atoms with Crippen molar-refractivity contribution in [2.24, 2.45) is 4.99 Å². The zero-order valence-electron chi connectivity index (χ0n) is 19.6. The smallest absolute Gasteiger partial charge is 0.227 e. The molecule has 0 unspecified atom stereocenters. The number of guanidine groups is 1. The standard InChI is InChI=1S/C25H34N4O3/c1-5-26-25(28(2)16-14-19-10-13-22(31-3)23(17-19)32-4)27-18-20-8-11-21(12-9-20)29-15-6-7-24(29)30/h8-13,17H,5-7,14-16,18H2,1-4H3,(H,26,27). The maximum absolute atomic E-state index is 11.9. The van der Waals surface area contributed by atoms with E-state index in [0.29, 0.717) is 13.0 Å². The number of amides is 1. The van der Waals surface area contributed by atoms with Gasteiger partial charge in [-0.05, 0) is 55.2 Å². The van der Waals surface area contributed by atoms with Crippen molar-refractivity contribution in [2.45, 2.75) is 32.7 Å². The number of aliphatic imine (C=N–C) groups is 1. The molecule has 2 aromatic carbocycles. The van der Waals surface area contributed by atoms with Crippen LogP contribution in [-0.2, 0) is 17.8 Å². The Labute approximate surface area is 191 Å². The lowest BCUT2D eigenvalue weighted by Gasteiger charge is -2.22. The molecule has 32 heavy (non-hydrogen) atoms. The fraction of sp³-hybridized carbons (Fsp3) is 0.440. The molecule has 0 atom stereocenters. The van der Waals surface area contributed by atoms with E-state index in [9.17, 15) is 4.79 Å². The number of hydrogen-bond donors (Lipinski definition) is 1. The number of benzene rings is 2. The number of nitrogens with one attached hydrogen (secondary N) is 1. The summed E-state index contributed by atoms with van der Waals surface area (Å²) in [5.41, 5.74) is 3.26. The summed E-state index contributed by atoms with van der Waals surface area (Å²) in [6, 6.07) is 14.2. The summed E-state index contributed by atoms with van der Waals surface area (Å²) in [5.74, 6) is 2.56. The van der Waals surface area contributed by atoms with E-state index in [2.05, 4.69) is 35.3 Å². The zero-order valence-corrected chi connectivity index (χ0v) is 19.6. The van der Waals surface area contributed by atoms with Crippen molar-refractivity contribution in [1.29, 1.82) is 0 Å². The Morgan fingerprint density at radius 1 is 1.09 bits per heavy atom. The first kappa shape index (κ1) is 23.4. The topological polar surface area (TPSA) is 66.4 Å². The third-order valence-corrected chi connectivity index (χ3v) is 5.61. The predicted molar refractivity (Wildman–Crippen MR) is 129 cm³/mol. The van der Waals surface area contributed by atoms with Crippen LogP contribution in [0.15, 0.2) is 47.5 Å². The van der Waals surface area contributed by atoms with Gasteiger partial charge in [0.15, 0.2) is 17.5 Å². The quantitative estimate of drug-likeness (QED) is 0.480. The minimum atomic E-state index is 0.210. The van der Waals surface area contributed by atoms with Crippen LogP contribution >= 0.6 is 0 Å². The number of methoxy groups -OCH3 is 2. The van der Waals surface area contributed by atoms with E-state index in [-0.39, 0.29) is 5.91 Å². The average molecular weight is 439 g/mol. The Morgan fingerprint density at radius 3 is 2.44 bits per heavy atom. The largest absolute Gasteiger partial charge is 0.493 e. The highest BCUT2D eigenvalue weighted by Crippen LogP contribution is 2.27. The summed E-state index contributed by atoms with van der Waals surface area (Å²) >= 11 is 0. The Kier molecular flexibility index (Phi) is 8.36. The molecule has 3 rings (SSSR count). The fourth-order valence-electron chi connectivity index (χ4n) is 3.78. The van der Waals surface area contributed by atoms with Crippen molar-refractivity contribution in [3.05, 3.63) is 53.6 Å². The van der Waals surface area contributed by atoms with Gasteiger partial charge in [0.25, 0.3) is 0 Å². The van der Waals surface area contributed by atoms with Gasteiger partial charge in [-0.2, -0.15) is 0 Å². The zero-order chi connectivity index (χ0) is 22.9. The van der Waals surface area contributed by atoms with E-state index in [4.69, 9.17) is 14.5 Å². The van der Waals surface area contributed by atoms with Gasteiger partial charge in [-0.15, -0.1) is 0 Å². The minimum Gasteiger partial charge on any atom is -0.493 e. The molecule has 0 aliphatic carbocycles. The Morgan fingerprint density at radius 2 is 1.81 bits per heavy atom. The molecule has 1 aliphatic rings. The summed E-state index contributed by atoms with van der Waals surface area (Å²) in [6.45, 7) is 5.08. The van der Waals surface area contributed by atoms with Crippen molar-refractivity contribution in [3.63, 3.8) is 0 Å². The fourth-order valence-corrected chi connectivity index (χ4v) is 3.78. The third kappa shape index (κ3) is 5.93. The number of carbonyl (C=O) groups excluding carboxylic acids is 1. The minimum absolute atomic E-state index is 0.210. The molecule has 1 aliphatic heterocycles. The van der Waals surface area contributed by atoms with Gasteiger partial charge in [-0.25, -0.2) is 4.99 Å². The van der Waals surface area contributed by atoms with Crippen LogP contribution in [0.4, 0.5) is 5.69 Å². The summed E-state index contributed by atoms with van der Waals surface area (Å²) in [7, 11) is 5.34. The highest BCUT2D eigenvalue weighted by Gasteiger charge is 2.21. The number of carbonyl (C=O) groups is 1. The van der Waals surface area contributed by atoms with Crippen LogP contribution in [0.5, 0.6) is 11.5 Å². The SMILES string of the molecule is CCNC(=NCc1ccc(N2CCCC2=O)cc1)N(C)CCc1ccc(OC)c(OC)c1. The van der Waals surface area contributed by atoms with Crippen LogP contribution in [0.2, 0.25) is 0 Å². The number of likely N-dealkylation sites (N-methyl/N-ethyl adjacent to an activating group) is 1. The first-order valence-corrected chi connectivity index (χ1v) is 11.1. The number of anilines is 1. The number of rotatable bonds is 9. The molecule has 172 valence electrons. The molecule has 0 bridgehead atoms. The lowest BCUT2D eigenvalue weighted by Crippen LogP contribution is -2.39. The van der Waals surface area contributed by atoms with Crippen molar-refractivity contribution < 1.29 is 14.3 Å². The second-order valence-electron chi connectivity index (χ2n) is 7.85. The lowest BCUT2D eigenvalue weighted by molar-refractivity contribution is -0.117. The van der Waals surface area contributed by atoms with Crippen LogP contribution < -0.4 is 19.7 Å². The van der Waals surface area contributed by atoms with Crippen molar-refractivity contribution in [3.8, 4) is 11.5 Å². The first-order valence-electron chi connectivity index (χ1n) is 11.1. The summed E-state index contributed by atoms with van der Waals surface area (Å²) in [6.07, 6.45) is 2.44. The van der Waals surface area contributed by atoms with Gasteiger partial charge in [-0.1, -0.05) is 18.2 Å². The van der Waals surface area contributed by atoms with E-state index in [1.54, 1.807) is 14.2 Å². The van der Waals surface area contributed by atoms with Crippen molar-refractivity contribution >= 4 is 17.6 Å². The monoisotopic (exact) mass is 438 g/mol. The molecule has 7 nitrogen and oxygen atoms in total. The summed E-state index contributed by atoms with van der Waals surface area (Å²) in [4.78, 5) is 20.7. The highest BCUT2D eigenvalue weighted by atomic mass is 16.5. The van der Waals surface area contributed by atoms with E-state index < -0.39 is 0 Å². The van der Waals surface area contributed by atoms with Gasteiger partial charge in [0.1, 0.15) is 0 Å². The van der Waals surface area contributed by atoms with E-state index in [1.165, 1.54) is 5.56 Å². The second-order valence-corrected chi connectivity index (χ2v) is 7.85. The van der Waals surface area contributed by atoms with Gasteiger partial charge < -0.3 is 24.6 Å². The van der Waals surface area contributed by atoms with Gasteiger partial charge in [0.05, 0.1) is 20.8 Å². The van der Waals surface area contributed by atoms with E-state index in [0.717, 1.165) is 61.2 Å². The molecular formula is C25H34N4O3. The molecule has 0 radical (unpaired) electrons. The Balaban J connectivity index is 1.60. The van der Waals surface area contributed by atoms with Gasteiger partial charge in [0, 0.05) is 38.8 Å². The van der Waals surface area contributed by atoms with Crippen LogP contribution in [0.1, 0.15) is 30.9 Å². The normalized spacial score (nSPS) is 13.9. The molecule has 1 saturated heterocycles. The average Bonchev–Trinajstić information content (AvgIpc) is 3.26. The Bertz CT molecular complexity index is 927. The number of hydrogen-bond acceptors (Lipinski definition) is 4. The number of ether oxygens (including phenoxy) is 2. The first-order chi connectivity index (χ1) is 15.5. The predicted octanol–water partition coefficient (Wildman–Crippen LogP) is 3.47. The molecule has 2 aromatic rings. The second kappa shape index (κ2) is 11.4. The number of nitrogens with zero attached hydrogens (tertiary/aromatic N) is 3. The Hall–Kier alpha value is -3.22. The maximum Gasteiger partial charge on any atom is 0.227 e. The molecule has 7 heteroatoms. The van der Waals surface area contributed by atoms with E-state index >= 15 is 0 Å². The van der Waals surface area contributed by atoms with Gasteiger partial charge >= 0.3 is 0 Å².